The molecule has 1 aliphatic carbocycles. The number of benzene rings is 1. The van der Waals surface area contributed by atoms with E-state index in [4.69, 9.17) is 0 Å². The number of aryl methyl sites for hydroxylation is 1. The second-order valence-electron chi connectivity index (χ2n) is 6.26. The summed E-state index contributed by atoms with van der Waals surface area (Å²) >= 11 is 1.90. The Morgan fingerprint density at radius 2 is 2.24 bits per heavy atom. The molecule has 3 rings (SSSR count). The third-order valence-corrected chi connectivity index (χ3v) is 5.61. The second kappa shape index (κ2) is 5.65. The van der Waals surface area contributed by atoms with Crippen LogP contribution in [0.5, 0.6) is 0 Å². The maximum atomic E-state index is 12.8. The highest BCUT2D eigenvalue weighted by atomic mass is 32.2. The van der Waals surface area contributed by atoms with Crippen molar-refractivity contribution in [2.75, 3.05) is 11.5 Å². The van der Waals surface area contributed by atoms with Crippen LogP contribution in [-0.4, -0.2) is 33.9 Å². The van der Waals surface area contributed by atoms with Gasteiger partial charge < -0.3 is 4.90 Å². The zero-order valence-corrected chi connectivity index (χ0v) is 13.9. The van der Waals surface area contributed by atoms with Gasteiger partial charge >= 0.3 is 0 Å². The quantitative estimate of drug-likeness (QED) is 0.907. The summed E-state index contributed by atoms with van der Waals surface area (Å²) in [7, 11) is 0. The minimum atomic E-state index is -0.250. The van der Waals surface area contributed by atoms with E-state index in [2.05, 4.69) is 55.3 Å². The standard InChI is InChI=1S/C17H24N2OS/c1-4-21-11-13(3)19-15(14-7-5-6-12(2)10-14)18-17(8-9-17)16(19)20/h5-7,10,13,15,18H,4,8-9,11H2,1-3H3. The van der Waals surface area contributed by atoms with E-state index in [1.165, 1.54) is 11.1 Å². The molecule has 1 spiro atoms. The predicted molar refractivity (Wildman–Crippen MR) is 88.3 cm³/mol. The van der Waals surface area contributed by atoms with Crippen LogP contribution in [0.2, 0.25) is 0 Å². The van der Waals surface area contributed by atoms with Crippen molar-refractivity contribution in [3.8, 4) is 0 Å². The number of carbonyl (C=O) groups is 1. The number of carbonyl (C=O) groups excluding carboxylic acids is 1. The number of rotatable bonds is 5. The zero-order valence-electron chi connectivity index (χ0n) is 13.1. The fourth-order valence-electron chi connectivity index (χ4n) is 3.15. The van der Waals surface area contributed by atoms with Crippen LogP contribution in [-0.2, 0) is 4.79 Å². The fraction of sp³-hybridized carbons (Fsp3) is 0.588. The van der Waals surface area contributed by atoms with Gasteiger partial charge in [0.2, 0.25) is 5.91 Å². The van der Waals surface area contributed by atoms with Crippen LogP contribution in [0.4, 0.5) is 0 Å². The van der Waals surface area contributed by atoms with Gasteiger partial charge in [-0.25, -0.2) is 0 Å². The lowest BCUT2D eigenvalue weighted by atomic mass is 10.1. The van der Waals surface area contributed by atoms with Gasteiger partial charge in [0.25, 0.3) is 0 Å². The molecule has 114 valence electrons. The third kappa shape index (κ3) is 2.71. The van der Waals surface area contributed by atoms with Gasteiger partial charge in [-0.05, 0) is 38.0 Å². The fourth-order valence-corrected chi connectivity index (χ4v) is 3.89. The molecule has 2 unspecified atom stereocenters. The summed E-state index contributed by atoms with van der Waals surface area (Å²) in [6.45, 7) is 6.45. The van der Waals surface area contributed by atoms with Gasteiger partial charge in [-0.1, -0.05) is 36.8 Å². The Morgan fingerprint density at radius 1 is 1.48 bits per heavy atom. The van der Waals surface area contributed by atoms with E-state index in [0.717, 1.165) is 24.3 Å². The maximum absolute atomic E-state index is 12.8. The van der Waals surface area contributed by atoms with Crippen molar-refractivity contribution in [2.24, 2.45) is 0 Å². The molecule has 2 fully saturated rings. The predicted octanol–water partition coefficient (Wildman–Crippen LogP) is 3.10. The molecule has 1 N–H and O–H groups in total. The van der Waals surface area contributed by atoms with Crippen LogP contribution in [0.25, 0.3) is 0 Å². The number of nitrogens with one attached hydrogen (secondary N) is 1. The molecule has 1 aromatic carbocycles. The maximum Gasteiger partial charge on any atom is 0.244 e. The summed E-state index contributed by atoms with van der Waals surface area (Å²) in [6, 6.07) is 8.78. The summed E-state index contributed by atoms with van der Waals surface area (Å²) in [4.78, 5) is 14.9. The lowest BCUT2D eigenvalue weighted by Gasteiger charge is -2.30. The van der Waals surface area contributed by atoms with Crippen molar-refractivity contribution in [3.63, 3.8) is 0 Å². The average molecular weight is 304 g/mol. The minimum Gasteiger partial charge on any atom is -0.318 e. The van der Waals surface area contributed by atoms with E-state index in [-0.39, 0.29) is 17.7 Å². The highest BCUT2D eigenvalue weighted by Crippen LogP contribution is 2.46. The first-order chi connectivity index (χ1) is 10.1. The summed E-state index contributed by atoms with van der Waals surface area (Å²) in [5, 5.41) is 3.61. The lowest BCUT2D eigenvalue weighted by Crippen LogP contribution is -2.40. The van der Waals surface area contributed by atoms with E-state index in [0.29, 0.717) is 5.91 Å². The van der Waals surface area contributed by atoms with Gasteiger partial charge in [0.15, 0.2) is 0 Å². The number of thioether (sulfide) groups is 1. The molecule has 1 saturated heterocycles. The van der Waals surface area contributed by atoms with E-state index < -0.39 is 0 Å². The van der Waals surface area contributed by atoms with Crippen molar-refractivity contribution in [1.29, 1.82) is 0 Å². The number of nitrogens with zero attached hydrogens (tertiary/aromatic N) is 1. The molecule has 1 aromatic rings. The van der Waals surface area contributed by atoms with Gasteiger partial charge in [-0.3, -0.25) is 10.1 Å². The molecule has 1 aliphatic heterocycles. The topological polar surface area (TPSA) is 32.3 Å². The average Bonchev–Trinajstić information content (AvgIpc) is 3.18. The Kier molecular flexibility index (Phi) is 4.02. The Bertz CT molecular complexity index is 541. The number of hydrogen-bond donors (Lipinski definition) is 1. The monoisotopic (exact) mass is 304 g/mol. The summed E-state index contributed by atoms with van der Waals surface area (Å²) in [5.74, 6) is 2.40. The molecular weight excluding hydrogens is 280 g/mol. The van der Waals surface area contributed by atoms with Crippen molar-refractivity contribution >= 4 is 17.7 Å². The van der Waals surface area contributed by atoms with Crippen molar-refractivity contribution in [2.45, 2.75) is 51.4 Å². The molecule has 1 amide bonds. The summed E-state index contributed by atoms with van der Waals surface area (Å²) in [6.07, 6.45) is 2.00. The van der Waals surface area contributed by atoms with Crippen molar-refractivity contribution < 1.29 is 4.79 Å². The van der Waals surface area contributed by atoms with Crippen LogP contribution in [0, 0.1) is 6.92 Å². The third-order valence-electron chi connectivity index (χ3n) is 4.48. The molecule has 2 atom stereocenters. The number of hydrogen-bond acceptors (Lipinski definition) is 3. The van der Waals surface area contributed by atoms with Crippen LogP contribution in [0.3, 0.4) is 0 Å². The smallest absolute Gasteiger partial charge is 0.244 e. The van der Waals surface area contributed by atoms with Crippen LogP contribution in [0.1, 0.15) is 44.0 Å². The first-order valence-electron chi connectivity index (χ1n) is 7.82. The first kappa shape index (κ1) is 14.9. The summed E-state index contributed by atoms with van der Waals surface area (Å²) < 4.78 is 0. The normalized spacial score (nSPS) is 24.6. The largest absolute Gasteiger partial charge is 0.318 e. The van der Waals surface area contributed by atoms with Gasteiger partial charge in [0.05, 0.1) is 0 Å². The second-order valence-corrected chi connectivity index (χ2v) is 7.58. The molecular formula is C17H24N2OS. The molecule has 1 heterocycles. The Balaban J connectivity index is 1.88. The lowest BCUT2D eigenvalue weighted by molar-refractivity contribution is -0.132. The van der Waals surface area contributed by atoms with Crippen molar-refractivity contribution in [3.05, 3.63) is 35.4 Å². The van der Waals surface area contributed by atoms with Crippen LogP contribution in [0.15, 0.2) is 24.3 Å². The molecule has 2 aliphatic rings. The van der Waals surface area contributed by atoms with Gasteiger partial charge in [-0.15, -0.1) is 0 Å². The van der Waals surface area contributed by atoms with E-state index in [1.807, 2.05) is 11.8 Å². The highest BCUT2D eigenvalue weighted by molar-refractivity contribution is 7.99. The molecule has 0 bridgehead atoms. The first-order valence-corrected chi connectivity index (χ1v) is 8.97. The molecule has 3 nitrogen and oxygen atoms in total. The van der Waals surface area contributed by atoms with Gasteiger partial charge in [0, 0.05) is 11.8 Å². The SMILES string of the molecule is CCSCC(C)N1C(=O)C2(CC2)NC1c1cccc(C)c1. The van der Waals surface area contributed by atoms with Gasteiger partial charge in [0.1, 0.15) is 11.7 Å². The Labute approximate surface area is 131 Å². The molecule has 0 radical (unpaired) electrons. The van der Waals surface area contributed by atoms with Crippen LogP contribution < -0.4 is 5.32 Å². The van der Waals surface area contributed by atoms with Crippen molar-refractivity contribution in [1.82, 2.24) is 10.2 Å². The molecule has 1 saturated carbocycles. The van der Waals surface area contributed by atoms with E-state index in [1.54, 1.807) is 0 Å². The highest BCUT2D eigenvalue weighted by Gasteiger charge is 2.60. The van der Waals surface area contributed by atoms with E-state index in [9.17, 15) is 4.79 Å². The Hall–Kier alpha value is -1.00. The zero-order chi connectivity index (χ0) is 15.0. The minimum absolute atomic E-state index is 0.0346. The summed E-state index contributed by atoms with van der Waals surface area (Å²) in [5.41, 5.74) is 2.20. The van der Waals surface area contributed by atoms with E-state index >= 15 is 0 Å². The Morgan fingerprint density at radius 3 is 2.86 bits per heavy atom. The number of amides is 1. The molecule has 4 heteroatoms. The molecule has 0 aromatic heterocycles. The molecule has 21 heavy (non-hydrogen) atoms. The van der Waals surface area contributed by atoms with Crippen LogP contribution >= 0.6 is 11.8 Å². The van der Waals surface area contributed by atoms with Gasteiger partial charge in [-0.2, -0.15) is 11.8 Å².